The Hall–Kier alpha value is -2.27. The van der Waals surface area contributed by atoms with E-state index in [0.717, 1.165) is 0 Å². The summed E-state index contributed by atoms with van der Waals surface area (Å²) in [6.45, 7) is 0. The Morgan fingerprint density at radius 3 is 2.12 bits per heavy atom. The van der Waals surface area contributed by atoms with Crippen molar-refractivity contribution in [1.82, 2.24) is 4.72 Å². The van der Waals surface area contributed by atoms with Gasteiger partial charge in [0.15, 0.2) is 0 Å². The Labute approximate surface area is 139 Å². The van der Waals surface area contributed by atoms with E-state index in [1.807, 2.05) is 0 Å². The number of carbonyl (C=O) groups is 1. The summed E-state index contributed by atoms with van der Waals surface area (Å²) < 4.78 is 48.0. The molecule has 8 nitrogen and oxygen atoms in total. The van der Waals surface area contributed by atoms with Gasteiger partial charge in [0.1, 0.15) is 0 Å². The predicted octanol–water partition coefficient (Wildman–Crippen LogP) is 0.494. The van der Waals surface area contributed by atoms with E-state index >= 15 is 0 Å². The van der Waals surface area contributed by atoms with Gasteiger partial charge in [0.25, 0.3) is 5.91 Å². The van der Waals surface area contributed by atoms with Crippen molar-refractivity contribution in [1.29, 1.82) is 0 Å². The van der Waals surface area contributed by atoms with Gasteiger partial charge in [-0.3, -0.25) is 4.79 Å². The third-order valence-electron chi connectivity index (χ3n) is 3.12. The third kappa shape index (κ3) is 4.17. The van der Waals surface area contributed by atoms with Crippen molar-refractivity contribution in [3.05, 3.63) is 54.1 Å². The molecule has 0 unspecified atom stereocenters. The first-order valence-corrected chi connectivity index (χ1v) is 9.64. The summed E-state index contributed by atoms with van der Waals surface area (Å²) in [5.74, 6) is -0.536. The molecule has 0 saturated heterocycles. The molecule has 0 saturated carbocycles. The van der Waals surface area contributed by atoms with Crippen LogP contribution >= 0.6 is 0 Å². The fourth-order valence-corrected chi connectivity index (χ4v) is 3.14. The van der Waals surface area contributed by atoms with E-state index in [1.54, 1.807) is 0 Å². The minimum absolute atomic E-state index is 0.0396. The third-order valence-corrected chi connectivity index (χ3v) is 5.46. The second kappa shape index (κ2) is 6.69. The summed E-state index contributed by atoms with van der Waals surface area (Å²) in [6.07, 6.45) is 0. The summed E-state index contributed by atoms with van der Waals surface area (Å²) in [5.41, 5.74) is 0.483. The molecule has 2 aromatic rings. The van der Waals surface area contributed by atoms with Crippen molar-refractivity contribution in [3.63, 3.8) is 0 Å². The van der Waals surface area contributed by atoms with Crippen molar-refractivity contribution in [3.8, 4) is 0 Å². The zero-order chi connectivity index (χ0) is 18.0. The molecular formula is C14H15N3O5S2. The Balaban J connectivity index is 2.23. The summed E-state index contributed by atoms with van der Waals surface area (Å²) in [4.78, 5) is 12.1. The van der Waals surface area contributed by atoms with Gasteiger partial charge in [0, 0.05) is 11.3 Å². The highest BCUT2D eigenvalue weighted by molar-refractivity contribution is 7.89. The van der Waals surface area contributed by atoms with Gasteiger partial charge in [-0.05, 0) is 49.5 Å². The SMILES string of the molecule is CNS(=O)(=O)c1cccc(C(=O)Nc2ccc(S(N)(=O)=O)cc2)c1. The molecule has 0 spiro atoms. The van der Waals surface area contributed by atoms with Crippen LogP contribution in [0.4, 0.5) is 5.69 Å². The zero-order valence-corrected chi connectivity index (χ0v) is 14.2. The second-order valence-electron chi connectivity index (χ2n) is 4.76. The number of amides is 1. The van der Waals surface area contributed by atoms with Crippen LogP contribution in [0.5, 0.6) is 0 Å². The molecule has 0 bridgehead atoms. The molecule has 0 fully saturated rings. The maximum atomic E-state index is 12.2. The van der Waals surface area contributed by atoms with E-state index in [2.05, 4.69) is 10.0 Å². The van der Waals surface area contributed by atoms with E-state index in [-0.39, 0.29) is 15.4 Å². The second-order valence-corrected chi connectivity index (χ2v) is 8.21. The van der Waals surface area contributed by atoms with E-state index in [1.165, 1.54) is 55.6 Å². The fraction of sp³-hybridized carbons (Fsp3) is 0.0714. The smallest absolute Gasteiger partial charge is 0.255 e. The molecule has 4 N–H and O–H groups in total. The molecule has 0 aromatic heterocycles. The average molecular weight is 369 g/mol. The van der Waals surface area contributed by atoms with Crippen molar-refractivity contribution in [2.45, 2.75) is 9.79 Å². The summed E-state index contributed by atoms with van der Waals surface area (Å²) in [6, 6.07) is 10.8. The molecular weight excluding hydrogens is 354 g/mol. The number of primary sulfonamides is 1. The van der Waals surface area contributed by atoms with E-state index < -0.39 is 26.0 Å². The maximum absolute atomic E-state index is 12.2. The molecule has 1 amide bonds. The van der Waals surface area contributed by atoms with Gasteiger partial charge in [0.2, 0.25) is 20.0 Å². The topological polar surface area (TPSA) is 135 Å². The fourth-order valence-electron chi connectivity index (χ4n) is 1.85. The molecule has 0 aliphatic carbocycles. The monoisotopic (exact) mass is 369 g/mol. The highest BCUT2D eigenvalue weighted by atomic mass is 32.2. The van der Waals surface area contributed by atoms with Crippen molar-refractivity contribution < 1.29 is 21.6 Å². The van der Waals surface area contributed by atoms with Crippen LogP contribution in [0, 0.1) is 0 Å². The van der Waals surface area contributed by atoms with Crippen LogP contribution in [0.1, 0.15) is 10.4 Å². The Morgan fingerprint density at radius 1 is 0.958 bits per heavy atom. The molecule has 10 heteroatoms. The Bertz CT molecular complexity index is 968. The number of nitrogens with two attached hydrogens (primary N) is 1. The summed E-state index contributed by atoms with van der Waals surface area (Å²) >= 11 is 0. The number of anilines is 1. The molecule has 0 aliphatic rings. The van der Waals surface area contributed by atoms with Crippen LogP contribution in [0.15, 0.2) is 58.3 Å². The van der Waals surface area contributed by atoms with Crippen LogP contribution in [0.3, 0.4) is 0 Å². The number of hydrogen-bond donors (Lipinski definition) is 3. The van der Waals surface area contributed by atoms with Gasteiger partial charge >= 0.3 is 0 Å². The Kier molecular flexibility index (Phi) is 5.04. The highest BCUT2D eigenvalue weighted by Crippen LogP contribution is 2.16. The largest absolute Gasteiger partial charge is 0.322 e. The highest BCUT2D eigenvalue weighted by Gasteiger charge is 2.14. The average Bonchev–Trinajstić information content (AvgIpc) is 2.54. The van der Waals surface area contributed by atoms with Gasteiger partial charge in [-0.15, -0.1) is 0 Å². The first kappa shape index (κ1) is 18.1. The molecule has 24 heavy (non-hydrogen) atoms. The van der Waals surface area contributed by atoms with Gasteiger partial charge < -0.3 is 5.32 Å². The van der Waals surface area contributed by atoms with Crippen LogP contribution in [0.25, 0.3) is 0 Å². The lowest BCUT2D eigenvalue weighted by molar-refractivity contribution is 0.102. The number of hydrogen-bond acceptors (Lipinski definition) is 5. The minimum Gasteiger partial charge on any atom is -0.322 e. The maximum Gasteiger partial charge on any atom is 0.255 e. The van der Waals surface area contributed by atoms with Gasteiger partial charge in [-0.1, -0.05) is 6.07 Å². The first-order valence-electron chi connectivity index (χ1n) is 6.61. The summed E-state index contributed by atoms with van der Waals surface area (Å²) in [7, 11) is -6.20. The first-order chi connectivity index (χ1) is 11.1. The Morgan fingerprint density at radius 2 is 1.58 bits per heavy atom. The molecule has 0 atom stereocenters. The lowest BCUT2D eigenvalue weighted by Crippen LogP contribution is -2.19. The molecule has 0 radical (unpaired) electrons. The van der Waals surface area contributed by atoms with E-state index in [4.69, 9.17) is 5.14 Å². The number of carbonyl (C=O) groups excluding carboxylic acids is 1. The quantitative estimate of drug-likeness (QED) is 0.705. The minimum atomic E-state index is -3.81. The predicted molar refractivity (Wildman–Crippen MR) is 88.5 cm³/mol. The molecule has 0 aliphatic heterocycles. The number of sulfonamides is 2. The number of benzene rings is 2. The molecule has 2 aromatic carbocycles. The van der Waals surface area contributed by atoms with E-state index in [0.29, 0.717) is 5.69 Å². The number of nitrogens with one attached hydrogen (secondary N) is 2. The van der Waals surface area contributed by atoms with E-state index in [9.17, 15) is 21.6 Å². The zero-order valence-electron chi connectivity index (χ0n) is 12.6. The van der Waals surface area contributed by atoms with Crippen LogP contribution in [-0.2, 0) is 20.0 Å². The molecule has 0 heterocycles. The summed E-state index contributed by atoms with van der Waals surface area (Å²) in [5, 5.41) is 7.54. The van der Waals surface area contributed by atoms with Gasteiger partial charge in [-0.25, -0.2) is 26.7 Å². The van der Waals surface area contributed by atoms with Gasteiger partial charge in [-0.2, -0.15) is 0 Å². The van der Waals surface area contributed by atoms with Crippen molar-refractivity contribution >= 4 is 31.6 Å². The van der Waals surface area contributed by atoms with Crippen LogP contribution in [-0.4, -0.2) is 29.8 Å². The van der Waals surface area contributed by atoms with Crippen molar-refractivity contribution in [2.75, 3.05) is 12.4 Å². The van der Waals surface area contributed by atoms with Crippen LogP contribution in [0.2, 0.25) is 0 Å². The lowest BCUT2D eigenvalue weighted by atomic mass is 10.2. The standard InChI is InChI=1S/C14H15N3O5S2/c1-16-24(21,22)13-4-2-3-10(9-13)14(18)17-11-5-7-12(8-6-11)23(15,19)20/h2-9,16H,1H3,(H,17,18)(H2,15,19,20). The molecule has 2 rings (SSSR count). The normalized spacial score (nSPS) is 11.9. The van der Waals surface area contributed by atoms with Crippen LogP contribution < -0.4 is 15.2 Å². The molecule has 128 valence electrons. The van der Waals surface area contributed by atoms with Crippen molar-refractivity contribution in [2.24, 2.45) is 5.14 Å². The number of rotatable bonds is 5. The van der Waals surface area contributed by atoms with Gasteiger partial charge in [0.05, 0.1) is 9.79 Å². The lowest BCUT2D eigenvalue weighted by Gasteiger charge is -2.08.